The second-order valence-corrected chi connectivity index (χ2v) is 6.89. The summed E-state index contributed by atoms with van der Waals surface area (Å²) in [6.07, 6.45) is 2.61. The maximum absolute atomic E-state index is 12.0. The normalized spacial score (nSPS) is 17.7. The molecule has 1 fully saturated rings. The number of nitrogens with two attached hydrogens (primary N) is 1. The summed E-state index contributed by atoms with van der Waals surface area (Å²) >= 11 is 0. The minimum absolute atomic E-state index is 0.0667. The molecule has 146 valence electrons. The lowest BCUT2D eigenvalue weighted by Crippen LogP contribution is -2.42. The number of anilines is 1. The number of fused-ring (bicyclic) bond motifs is 1. The van der Waals surface area contributed by atoms with Crippen molar-refractivity contribution >= 4 is 28.7 Å². The highest BCUT2D eigenvalue weighted by Crippen LogP contribution is 2.18. The molecule has 1 atom stereocenters. The Morgan fingerprint density at radius 2 is 2.19 bits per heavy atom. The van der Waals surface area contributed by atoms with Gasteiger partial charge in [-0.1, -0.05) is 0 Å². The fourth-order valence-corrected chi connectivity index (χ4v) is 3.38. The molecule has 4 N–H and O–H groups in total. The highest BCUT2D eigenvalue weighted by molar-refractivity contribution is 5.91. The number of hydrogen-bond donors (Lipinski definition) is 3. The first-order chi connectivity index (χ1) is 12.9. The number of carbonyl (C=O) groups excluding carboxylic acids is 2. The van der Waals surface area contributed by atoms with Gasteiger partial charge in [0.15, 0.2) is 5.58 Å². The van der Waals surface area contributed by atoms with Crippen molar-refractivity contribution < 1.29 is 14.0 Å². The summed E-state index contributed by atoms with van der Waals surface area (Å²) in [4.78, 5) is 37.0. The molecule has 3 rings (SSSR count). The number of nitrogens with one attached hydrogen (secondary N) is 2. The van der Waals surface area contributed by atoms with E-state index in [1.165, 1.54) is 4.57 Å². The van der Waals surface area contributed by atoms with E-state index in [1.54, 1.807) is 25.2 Å². The molecule has 1 aliphatic heterocycles. The number of nitrogens with zero attached hydrogens (tertiary/aromatic N) is 2. The summed E-state index contributed by atoms with van der Waals surface area (Å²) in [5.74, 6) is -0.741. The van der Waals surface area contributed by atoms with E-state index >= 15 is 0 Å². The van der Waals surface area contributed by atoms with E-state index in [9.17, 15) is 14.4 Å². The molecule has 1 unspecified atom stereocenters. The number of carbonyl (C=O) groups is 2. The Kier molecular flexibility index (Phi) is 5.80. The van der Waals surface area contributed by atoms with Crippen molar-refractivity contribution in [2.75, 3.05) is 31.5 Å². The van der Waals surface area contributed by atoms with Crippen LogP contribution in [0, 0.1) is 5.92 Å². The lowest BCUT2D eigenvalue weighted by Gasteiger charge is -2.31. The van der Waals surface area contributed by atoms with Crippen LogP contribution in [0.5, 0.6) is 0 Å². The van der Waals surface area contributed by atoms with Crippen molar-refractivity contribution in [1.82, 2.24) is 14.8 Å². The molecule has 9 heteroatoms. The summed E-state index contributed by atoms with van der Waals surface area (Å²) in [5, 5.41) is 5.53. The SMILES string of the molecule is Cn1c(=O)oc2cc(NC(=O)NCCCN3CCCC(C(N)=O)C3)ccc21. The molecular formula is C18H25N5O4. The van der Waals surface area contributed by atoms with Gasteiger partial charge in [0.25, 0.3) is 0 Å². The monoisotopic (exact) mass is 375 g/mol. The molecule has 1 aromatic carbocycles. The Morgan fingerprint density at radius 1 is 1.37 bits per heavy atom. The highest BCUT2D eigenvalue weighted by Gasteiger charge is 2.23. The minimum atomic E-state index is -0.442. The number of primary amides is 1. The number of urea groups is 1. The van der Waals surface area contributed by atoms with E-state index in [0.29, 0.717) is 29.9 Å². The summed E-state index contributed by atoms with van der Waals surface area (Å²) < 4.78 is 6.51. The van der Waals surface area contributed by atoms with Crippen molar-refractivity contribution in [3.8, 4) is 0 Å². The summed E-state index contributed by atoms with van der Waals surface area (Å²) in [6, 6.07) is 4.74. The second-order valence-electron chi connectivity index (χ2n) is 6.89. The average Bonchev–Trinajstić information content (AvgIpc) is 2.92. The van der Waals surface area contributed by atoms with Crippen LogP contribution in [-0.2, 0) is 11.8 Å². The summed E-state index contributed by atoms with van der Waals surface area (Å²) in [7, 11) is 1.63. The Bertz CT molecular complexity index is 887. The third-order valence-electron chi connectivity index (χ3n) is 4.89. The number of hydrogen-bond acceptors (Lipinski definition) is 5. The van der Waals surface area contributed by atoms with Gasteiger partial charge in [0.05, 0.1) is 11.4 Å². The molecule has 9 nitrogen and oxygen atoms in total. The van der Waals surface area contributed by atoms with Crippen molar-refractivity contribution in [2.24, 2.45) is 18.7 Å². The van der Waals surface area contributed by atoms with Crippen LogP contribution in [0.3, 0.4) is 0 Å². The van der Waals surface area contributed by atoms with Gasteiger partial charge in [0, 0.05) is 31.9 Å². The van der Waals surface area contributed by atoms with Gasteiger partial charge in [0.1, 0.15) is 0 Å². The van der Waals surface area contributed by atoms with Crippen LogP contribution in [0.15, 0.2) is 27.4 Å². The largest absolute Gasteiger partial charge is 0.419 e. The number of aryl methyl sites for hydroxylation is 1. The van der Waals surface area contributed by atoms with Gasteiger partial charge in [-0.25, -0.2) is 9.59 Å². The van der Waals surface area contributed by atoms with Crippen molar-refractivity contribution in [2.45, 2.75) is 19.3 Å². The van der Waals surface area contributed by atoms with Gasteiger partial charge in [-0.3, -0.25) is 9.36 Å². The molecule has 0 spiro atoms. The number of benzene rings is 1. The molecule has 0 radical (unpaired) electrons. The number of amides is 3. The Labute approximate surface area is 156 Å². The summed E-state index contributed by atoms with van der Waals surface area (Å²) in [5.41, 5.74) is 7.03. The molecule has 3 amide bonds. The lowest BCUT2D eigenvalue weighted by atomic mass is 9.97. The Balaban J connectivity index is 1.42. The molecule has 0 bridgehead atoms. The molecular weight excluding hydrogens is 350 g/mol. The molecule has 1 saturated heterocycles. The smallest absolute Gasteiger partial charge is 0.408 e. The van der Waals surface area contributed by atoms with Crippen LogP contribution in [0.2, 0.25) is 0 Å². The number of piperidine rings is 1. The van der Waals surface area contributed by atoms with E-state index in [0.717, 1.165) is 32.4 Å². The Morgan fingerprint density at radius 3 is 2.96 bits per heavy atom. The predicted octanol–water partition coefficient (Wildman–Crippen LogP) is 0.840. The molecule has 1 aromatic heterocycles. The van der Waals surface area contributed by atoms with E-state index in [-0.39, 0.29) is 17.9 Å². The number of likely N-dealkylation sites (tertiary alicyclic amines) is 1. The van der Waals surface area contributed by atoms with Crippen LogP contribution >= 0.6 is 0 Å². The minimum Gasteiger partial charge on any atom is -0.408 e. The molecule has 0 aliphatic carbocycles. The fourth-order valence-electron chi connectivity index (χ4n) is 3.38. The first-order valence-electron chi connectivity index (χ1n) is 9.10. The average molecular weight is 375 g/mol. The van der Waals surface area contributed by atoms with Crippen molar-refractivity contribution in [1.29, 1.82) is 0 Å². The van der Waals surface area contributed by atoms with Crippen molar-refractivity contribution in [3.63, 3.8) is 0 Å². The van der Waals surface area contributed by atoms with Gasteiger partial charge in [-0.2, -0.15) is 0 Å². The fraction of sp³-hybridized carbons (Fsp3) is 0.500. The van der Waals surface area contributed by atoms with Crippen LogP contribution < -0.4 is 22.1 Å². The lowest BCUT2D eigenvalue weighted by molar-refractivity contribution is -0.123. The zero-order valence-electron chi connectivity index (χ0n) is 15.4. The van der Waals surface area contributed by atoms with Gasteiger partial charge < -0.3 is 25.7 Å². The molecule has 2 heterocycles. The van der Waals surface area contributed by atoms with Gasteiger partial charge in [0.2, 0.25) is 5.91 Å². The molecule has 0 saturated carbocycles. The number of rotatable bonds is 6. The first-order valence-corrected chi connectivity index (χ1v) is 9.10. The van der Waals surface area contributed by atoms with Crippen LogP contribution in [0.25, 0.3) is 11.1 Å². The zero-order valence-corrected chi connectivity index (χ0v) is 15.4. The van der Waals surface area contributed by atoms with Crippen LogP contribution in [-0.4, -0.2) is 47.6 Å². The first kappa shape index (κ1) is 19.0. The maximum atomic E-state index is 12.0. The van der Waals surface area contributed by atoms with Crippen LogP contribution in [0.4, 0.5) is 10.5 Å². The van der Waals surface area contributed by atoms with E-state index in [1.807, 2.05) is 0 Å². The second kappa shape index (κ2) is 8.26. The predicted molar refractivity (Wildman–Crippen MR) is 101 cm³/mol. The quantitative estimate of drug-likeness (QED) is 0.646. The van der Waals surface area contributed by atoms with Crippen molar-refractivity contribution in [3.05, 3.63) is 28.7 Å². The maximum Gasteiger partial charge on any atom is 0.419 e. The van der Waals surface area contributed by atoms with Gasteiger partial charge >= 0.3 is 11.8 Å². The third-order valence-corrected chi connectivity index (χ3v) is 4.89. The zero-order chi connectivity index (χ0) is 19.4. The van der Waals surface area contributed by atoms with Gasteiger partial charge in [-0.05, 0) is 44.5 Å². The Hall–Kier alpha value is -2.81. The van der Waals surface area contributed by atoms with E-state index in [2.05, 4.69) is 15.5 Å². The highest BCUT2D eigenvalue weighted by atomic mass is 16.4. The number of oxazole rings is 1. The topological polar surface area (TPSA) is 123 Å². The van der Waals surface area contributed by atoms with Crippen LogP contribution in [0.1, 0.15) is 19.3 Å². The molecule has 2 aromatic rings. The standard InChI is InChI=1S/C18H25N5O4/c1-22-14-6-5-13(10-15(14)27-18(22)26)21-17(25)20-7-3-9-23-8-2-4-12(11-23)16(19)24/h5-6,10,12H,2-4,7-9,11H2,1H3,(H2,19,24)(H2,20,21,25). The molecule has 1 aliphatic rings. The summed E-state index contributed by atoms with van der Waals surface area (Å²) in [6.45, 7) is 2.99. The molecule has 27 heavy (non-hydrogen) atoms. The number of aromatic nitrogens is 1. The van der Waals surface area contributed by atoms with Gasteiger partial charge in [-0.15, -0.1) is 0 Å². The third kappa shape index (κ3) is 4.68. The van der Waals surface area contributed by atoms with E-state index < -0.39 is 5.76 Å². The van der Waals surface area contributed by atoms with E-state index in [4.69, 9.17) is 10.2 Å².